The molecule has 1 aliphatic heterocycles. The van der Waals surface area contributed by atoms with Crippen LogP contribution in [0.1, 0.15) is 24.0 Å². The van der Waals surface area contributed by atoms with Crippen molar-refractivity contribution in [2.45, 2.75) is 31.2 Å². The third-order valence-electron chi connectivity index (χ3n) is 4.39. The molecule has 1 fully saturated rings. The van der Waals surface area contributed by atoms with Gasteiger partial charge in [-0.3, -0.25) is 10.1 Å². The van der Waals surface area contributed by atoms with Gasteiger partial charge in [0.15, 0.2) is 0 Å². The molecule has 0 radical (unpaired) electrons. The van der Waals surface area contributed by atoms with Gasteiger partial charge in [-0.2, -0.15) is 0 Å². The highest BCUT2D eigenvalue weighted by atomic mass is 32.2. The molecule has 0 saturated carbocycles. The van der Waals surface area contributed by atoms with Crippen molar-refractivity contribution in [3.8, 4) is 0 Å². The zero-order valence-electron chi connectivity index (χ0n) is 14.4. The van der Waals surface area contributed by atoms with Crippen LogP contribution in [0, 0.1) is 17.0 Å². The maximum Gasteiger partial charge on any atom is 0.273 e. The van der Waals surface area contributed by atoms with Crippen molar-refractivity contribution in [3.05, 3.63) is 57.8 Å². The Morgan fingerprint density at radius 3 is 2.58 bits per heavy atom. The molecule has 0 atom stereocenters. The highest BCUT2D eigenvalue weighted by Crippen LogP contribution is 2.22. The Hall–Kier alpha value is -2.52. The lowest BCUT2D eigenvalue weighted by atomic mass is 10.2. The Morgan fingerprint density at radius 2 is 1.96 bits per heavy atom. The van der Waals surface area contributed by atoms with E-state index in [0.29, 0.717) is 5.56 Å². The largest absolute Gasteiger partial charge is 0.357 e. The maximum absolute atomic E-state index is 12.4. The molecular formula is C17H20N4O4S. The number of rotatable bonds is 6. The van der Waals surface area contributed by atoms with Gasteiger partial charge < -0.3 is 4.90 Å². The first-order chi connectivity index (χ1) is 12.4. The van der Waals surface area contributed by atoms with Gasteiger partial charge in [0.1, 0.15) is 5.82 Å². The minimum Gasteiger partial charge on any atom is -0.357 e. The van der Waals surface area contributed by atoms with E-state index in [9.17, 15) is 18.5 Å². The van der Waals surface area contributed by atoms with E-state index in [-0.39, 0.29) is 17.1 Å². The second kappa shape index (κ2) is 7.38. The van der Waals surface area contributed by atoms with E-state index in [2.05, 4.69) is 14.6 Å². The summed E-state index contributed by atoms with van der Waals surface area (Å²) < 4.78 is 27.3. The molecule has 2 aromatic rings. The van der Waals surface area contributed by atoms with E-state index in [0.717, 1.165) is 43.4 Å². The summed E-state index contributed by atoms with van der Waals surface area (Å²) in [6, 6.07) is 7.58. The Morgan fingerprint density at radius 1 is 1.23 bits per heavy atom. The van der Waals surface area contributed by atoms with Crippen LogP contribution in [0.15, 0.2) is 41.4 Å². The number of aryl methyl sites for hydroxylation is 1. The minimum atomic E-state index is -3.85. The SMILES string of the molecule is Cc1ccc(S(=O)(=O)NCc2ccc(N3CCCC3)nc2)cc1[N+](=O)[O-]. The fraction of sp³-hybridized carbons (Fsp3) is 0.353. The predicted octanol–water partition coefficient (Wildman–Crippen LogP) is 2.38. The Balaban J connectivity index is 1.70. The third kappa shape index (κ3) is 4.00. The summed E-state index contributed by atoms with van der Waals surface area (Å²) in [5.41, 5.74) is 0.915. The van der Waals surface area contributed by atoms with Crippen LogP contribution in [0.25, 0.3) is 0 Å². The molecule has 1 aliphatic rings. The number of anilines is 1. The number of nitrogens with zero attached hydrogens (tertiary/aromatic N) is 3. The van der Waals surface area contributed by atoms with Crippen LogP contribution < -0.4 is 9.62 Å². The second-order valence-electron chi connectivity index (χ2n) is 6.25. The minimum absolute atomic E-state index is 0.0668. The number of benzene rings is 1. The van der Waals surface area contributed by atoms with Crippen molar-refractivity contribution in [2.75, 3.05) is 18.0 Å². The molecule has 0 spiro atoms. The quantitative estimate of drug-likeness (QED) is 0.613. The summed E-state index contributed by atoms with van der Waals surface area (Å²) in [6.45, 7) is 3.61. The third-order valence-corrected chi connectivity index (χ3v) is 5.79. The molecule has 1 N–H and O–H groups in total. The average Bonchev–Trinajstić information content (AvgIpc) is 3.15. The fourth-order valence-corrected chi connectivity index (χ4v) is 3.91. The van der Waals surface area contributed by atoms with E-state index in [1.54, 1.807) is 13.1 Å². The average molecular weight is 376 g/mol. The number of sulfonamides is 1. The number of hydrogen-bond acceptors (Lipinski definition) is 6. The monoisotopic (exact) mass is 376 g/mol. The van der Waals surface area contributed by atoms with E-state index in [4.69, 9.17) is 0 Å². The summed E-state index contributed by atoms with van der Waals surface area (Å²) in [5.74, 6) is 0.892. The van der Waals surface area contributed by atoms with Crippen molar-refractivity contribution in [3.63, 3.8) is 0 Å². The summed E-state index contributed by atoms with van der Waals surface area (Å²) in [5, 5.41) is 11.0. The highest BCUT2D eigenvalue weighted by Gasteiger charge is 2.20. The molecule has 1 aromatic carbocycles. The molecule has 1 aromatic heterocycles. The lowest BCUT2D eigenvalue weighted by molar-refractivity contribution is -0.385. The molecule has 0 unspecified atom stereocenters. The molecule has 2 heterocycles. The smallest absolute Gasteiger partial charge is 0.273 e. The van der Waals surface area contributed by atoms with Crippen LogP contribution in [-0.4, -0.2) is 31.4 Å². The van der Waals surface area contributed by atoms with E-state index >= 15 is 0 Å². The Kier molecular flexibility index (Phi) is 5.19. The lowest BCUT2D eigenvalue weighted by Gasteiger charge is -2.16. The first-order valence-corrected chi connectivity index (χ1v) is 9.80. The molecule has 26 heavy (non-hydrogen) atoms. The second-order valence-corrected chi connectivity index (χ2v) is 8.02. The van der Waals surface area contributed by atoms with Crippen LogP contribution in [0.5, 0.6) is 0 Å². The number of nitrogens with one attached hydrogen (secondary N) is 1. The van der Waals surface area contributed by atoms with Gasteiger partial charge in [-0.05, 0) is 37.5 Å². The molecule has 8 nitrogen and oxygen atoms in total. The molecule has 1 saturated heterocycles. The molecular weight excluding hydrogens is 356 g/mol. The summed E-state index contributed by atoms with van der Waals surface area (Å²) in [4.78, 5) is 16.9. The Bertz CT molecular complexity index is 907. The van der Waals surface area contributed by atoms with Gasteiger partial charge >= 0.3 is 0 Å². The van der Waals surface area contributed by atoms with Gasteiger partial charge in [0.25, 0.3) is 5.69 Å². The van der Waals surface area contributed by atoms with Crippen molar-refractivity contribution in [1.29, 1.82) is 0 Å². The standard InChI is InChI=1S/C17H20N4O4S/c1-13-4-6-15(10-16(13)21(22)23)26(24,25)19-12-14-5-7-17(18-11-14)20-8-2-3-9-20/h4-7,10-11,19H,2-3,8-9,12H2,1H3. The van der Waals surface area contributed by atoms with Crippen LogP contribution in [0.4, 0.5) is 11.5 Å². The first-order valence-electron chi connectivity index (χ1n) is 8.31. The number of nitro groups is 1. The van der Waals surface area contributed by atoms with Crippen molar-refractivity contribution < 1.29 is 13.3 Å². The van der Waals surface area contributed by atoms with Crippen LogP contribution in [0.3, 0.4) is 0 Å². The number of nitro benzene ring substituents is 1. The van der Waals surface area contributed by atoms with Gasteiger partial charge in [-0.25, -0.2) is 18.1 Å². The predicted molar refractivity (Wildman–Crippen MR) is 97.5 cm³/mol. The fourth-order valence-electron chi connectivity index (χ4n) is 2.87. The van der Waals surface area contributed by atoms with Crippen LogP contribution >= 0.6 is 0 Å². The van der Waals surface area contributed by atoms with Crippen LogP contribution in [0.2, 0.25) is 0 Å². The van der Waals surface area contributed by atoms with E-state index in [1.807, 2.05) is 12.1 Å². The van der Waals surface area contributed by atoms with Gasteiger partial charge in [0, 0.05) is 37.5 Å². The van der Waals surface area contributed by atoms with Gasteiger partial charge in [0.2, 0.25) is 10.0 Å². The van der Waals surface area contributed by atoms with E-state index < -0.39 is 14.9 Å². The summed E-state index contributed by atoms with van der Waals surface area (Å²) in [6.07, 6.45) is 3.96. The molecule has 9 heteroatoms. The molecule has 0 aliphatic carbocycles. The topological polar surface area (TPSA) is 105 Å². The highest BCUT2D eigenvalue weighted by molar-refractivity contribution is 7.89. The number of aromatic nitrogens is 1. The lowest BCUT2D eigenvalue weighted by Crippen LogP contribution is -2.24. The zero-order valence-corrected chi connectivity index (χ0v) is 15.2. The molecule has 3 rings (SSSR count). The van der Waals surface area contributed by atoms with Crippen molar-refractivity contribution in [1.82, 2.24) is 9.71 Å². The number of pyridine rings is 1. The molecule has 0 amide bonds. The van der Waals surface area contributed by atoms with Crippen molar-refractivity contribution in [2.24, 2.45) is 0 Å². The first kappa shape index (κ1) is 18.3. The van der Waals surface area contributed by atoms with Gasteiger partial charge in [0.05, 0.1) is 9.82 Å². The molecule has 0 bridgehead atoms. The Labute approximate surface area is 152 Å². The van der Waals surface area contributed by atoms with Crippen molar-refractivity contribution >= 4 is 21.5 Å². The van der Waals surface area contributed by atoms with Gasteiger partial charge in [-0.1, -0.05) is 12.1 Å². The summed E-state index contributed by atoms with van der Waals surface area (Å²) >= 11 is 0. The summed E-state index contributed by atoms with van der Waals surface area (Å²) in [7, 11) is -3.85. The normalized spacial score (nSPS) is 14.6. The van der Waals surface area contributed by atoms with E-state index in [1.165, 1.54) is 12.1 Å². The van der Waals surface area contributed by atoms with Crippen LogP contribution in [-0.2, 0) is 16.6 Å². The molecule has 138 valence electrons. The maximum atomic E-state index is 12.4. The number of hydrogen-bond donors (Lipinski definition) is 1. The zero-order chi connectivity index (χ0) is 18.7. The van der Waals surface area contributed by atoms with Gasteiger partial charge in [-0.15, -0.1) is 0 Å².